The van der Waals surface area contributed by atoms with Crippen molar-refractivity contribution in [2.75, 3.05) is 6.54 Å². The summed E-state index contributed by atoms with van der Waals surface area (Å²) in [7, 11) is 0. The zero-order valence-corrected chi connectivity index (χ0v) is 20.7. The Labute approximate surface area is 207 Å². The predicted molar refractivity (Wildman–Crippen MR) is 139 cm³/mol. The van der Waals surface area contributed by atoms with Gasteiger partial charge < -0.3 is 10.2 Å². The molecule has 34 heavy (non-hydrogen) atoms. The molecule has 3 rings (SSSR count). The molecule has 1 N–H and O–H groups in total. The maximum atomic E-state index is 13.8. The van der Waals surface area contributed by atoms with Gasteiger partial charge in [-0.3, -0.25) is 9.59 Å². The number of carbonyl (C=O) groups is 2. The fourth-order valence-electron chi connectivity index (χ4n) is 4.00. The lowest BCUT2D eigenvalue weighted by Crippen LogP contribution is -2.48. The summed E-state index contributed by atoms with van der Waals surface area (Å²) in [6, 6.07) is 26.9. The van der Waals surface area contributed by atoms with E-state index in [2.05, 4.69) is 36.5 Å². The lowest BCUT2D eigenvalue weighted by molar-refractivity contribution is -0.140. The van der Waals surface area contributed by atoms with Gasteiger partial charge in [-0.25, -0.2) is 0 Å². The molecule has 1 atom stereocenters. The number of hydrogen-bond donors (Lipinski definition) is 1. The Hall–Kier alpha value is -3.11. The Kier molecular flexibility index (Phi) is 9.72. The Bertz CT molecular complexity index is 999. The van der Waals surface area contributed by atoms with Gasteiger partial charge in [0.1, 0.15) is 6.04 Å². The summed E-state index contributed by atoms with van der Waals surface area (Å²) < 4.78 is 0. The van der Waals surface area contributed by atoms with Crippen molar-refractivity contribution in [2.45, 2.75) is 51.6 Å². The maximum absolute atomic E-state index is 13.8. The first-order chi connectivity index (χ1) is 16.5. The van der Waals surface area contributed by atoms with E-state index in [-0.39, 0.29) is 24.2 Å². The summed E-state index contributed by atoms with van der Waals surface area (Å²) in [5.41, 5.74) is 3.09. The SMILES string of the molecule is CCCCNC(=O)[C@H](C)N(Cc1ccc(Cl)cc1)C(=O)CC(c1ccccc1)c1ccccc1. The molecule has 0 saturated heterocycles. The average molecular weight is 477 g/mol. The van der Waals surface area contributed by atoms with Gasteiger partial charge in [0.25, 0.3) is 0 Å². The van der Waals surface area contributed by atoms with Gasteiger partial charge in [-0.15, -0.1) is 0 Å². The topological polar surface area (TPSA) is 49.4 Å². The normalized spacial score (nSPS) is 11.8. The molecule has 0 unspecified atom stereocenters. The van der Waals surface area contributed by atoms with Gasteiger partial charge in [-0.1, -0.05) is 97.7 Å². The first-order valence-corrected chi connectivity index (χ1v) is 12.3. The Morgan fingerprint density at radius 3 is 1.97 bits per heavy atom. The molecule has 0 aliphatic rings. The van der Waals surface area contributed by atoms with Gasteiger partial charge in [-0.05, 0) is 42.2 Å². The van der Waals surface area contributed by atoms with E-state index in [4.69, 9.17) is 11.6 Å². The van der Waals surface area contributed by atoms with Gasteiger partial charge in [0.2, 0.25) is 11.8 Å². The number of halogens is 1. The fourth-order valence-corrected chi connectivity index (χ4v) is 4.12. The minimum Gasteiger partial charge on any atom is -0.354 e. The van der Waals surface area contributed by atoms with Crippen LogP contribution in [-0.4, -0.2) is 29.3 Å². The number of carbonyl (C=O) groups excluding carboxylic acids is 2. The molecule has 0 heterocycles. The van der Waals surface area contributed by atoms with Crippen LogP contribution in [0.1, 0.15) is 55.7 Å². The van der Waals surface area contributed by atoms with E-state index in [0.717, 1.165) is 29.5 Å². The van der Waals surface area contributed by atoms with Crippen LogP contribution in [0.4, 0.5) is 0 Å². The minimum atomic E-state index is -0.591. The van der Waals surface area contributed by atoms with Gasteiger partial charge in [0, 0.05) is 30.5 Å². The van der Waals surface area contributed by atoms with Crippen LogP contribution in [0, 0.1) is 0 Å². The molecule has 4 nitrogen and oxygen atoms in total. The second-order valence-electron chi connectivity index (χ2n) is 8.55. The number of amides is 2. The highest BCUT2D eigenvalue weighted by Crippen LogP contribution is 2.29. The second kappa shape index (κ2) is 13.0. The number of nitrogens with zero attached hydrogens (tertiary/aromatic N) is 1. The van der Waals surface area contributed by atoms with Crippen molar-refractivity contribution in [3.05, 3.63) is 107 Å². The van der Waals surface area contributed by atoms with Crippen LogP contribution in [0.2, 0.25) is 5.02 Å². The highest BCUT2D eigenvalue weighted by Gasteiger charge is 2.28. The molecule has 0 spiro atoms. The van der Waals surface area contributed by atoms with E-state index in [1.807, 2.05) is 60.7 Å². The molecular formula is C29H33ClN2O2. The molecule has 3 aromatic rings. The summed E-state index contributed by atoms with van der Waals surface area (Å²) in [6.45, 7) is 4.84. The third-order valence-electron chi connectivity index (χ3n) is 6.05. The van der Waals surface area contributed by atoms with Gasteiger partial charge in [0.05, 0.1) is 0 Å². The van der Waals surface area contributed by atoms with Crippen LogP contribution in [0.15, 0.2) is 84.9 Å². The highest BCUT2D eigenvalue weighted by atomic mass is 35.5. The minimum absolute atomic E-state index is 0.0641. The standard InChI is InChI=1S/C29H33ClN2O2/c1-3-4-19-31-29(34)22(2)32(21-23-15-17-26(30)18-16-23)28(33)20-27(24-11-7-5-8-12-24)25-13-9-6-10-14-25/h5-18,22,27H,3-4,19-21H2,1-2H3,(H,31,34)/t22-/m0/s1. The van der Waals surface area contributed by atoms with Gasteiger partial charge in [-0.2, -0.15) is 0 Å². The Morgan fingerprint density at radius 1 is 0.882 bits per heavy atom. The Balaban J connectivity index is 1.87. The molecule has 0 bridgehead atoms. The van der Waals surface area contributed by atoms with Crippen molar-refractivity contribution in [3.8, 4) is 0 Å². The van der Waals surface area contributed by atoms with E-state index >= 15 is 0 Å². The average Bonchev–Trinajstić information content (AvgIpc) is 2.87. The molecule has 2 amide bonds. The van der Waals surface area contributed by atoms with E-state index < -0.39 is 6.04 Å². The summed E-state index contributed by atoms with van der Waals surface area (Å²) in [5.74, 6) is -0.296. The van der Waals surface area contributed by atoms with Gasteiger partial charge >= 0.3 is 0 Å². The zero-order chi connectivity index (χ0) is 24.3. The summed E-state index contributed by atoms with van der Waals surface area (Å²) >= 11 is 6.05. The molecule has 0 saturated carbocycles. The van der Waals surface area contributed by atoms with E-state index in [9.17, 15) is 9.59 Å². The van der Waals surface area contributed by atoms with Crippen molar-refractivity contribution >= 4 is 23.4 Å². The van der Waals surface area contributed by atoms with E-state index in [1.54, 1.807) is 11.8 Å². The second-order valence-corrected chi connectivity index (χ2v) is 8.98. The fraction of sp³-hybridized carbons (Fsp3) is 0.310. The van der Waals surface area contributed by atoms with Crippen LogP contribution in [0.25, 0.3) is 0 Å². The molecule has 178 valence electrons. The first kappa shape index (κ1) is 25.5. The molecule has 0 aromatic heterocycles. The lowest BCUT2D eigenvalue weighted by Gasteiger charge is -2.30. The first-order valence-electron chi connectivity index (χ1n) is 11.9. The number of unbranched alkanes of at least 4 members (excludes halogenated alkanes) is 1. The zero-order valence-electron chi connectivity index (χ0n) is 19.9. The summed E-state index contributed by atoms with van der Waals surface area (Å²) in [5, 5.41) is 3.62. The van der Waals surface area contributed by atoms with Crippen molar-refractivity contribution < 1.29 is 9.59 Å². The summed E-state index contributed by atoms with van der Waals surface area (Å²) in [4.78, 5) is 28.4. The molecule has 5 heteroatoms. The third-order valence-corrected chi connectivity index (χ3v) is 6.30. The third kappa shape index (κ3) is 7.19. The lowest BCUT2D eigenvalue weighted by atomic mass is 9.88. The van der Waals surface area contributed by atoms with Crippen LogP contribution in [0.3, 0.4) is 0 Å². The van der Waals surface area contributed by atoms with Crippen LogP contribution < -0.4 is 5.32 Å². The van der Waals surface area contributed by atoms with E-state index in [0.29, 0.717) is 18.1 Å². The van der Waals surface area contributed by atoms with Crippen molar-refractivity contribution in [1.29, 1.82) is 0 Å². The number of nitrogens with one attached hydrogen (secondary N) is 1. The number of hydrogen-bond acceptors (Lipinski definition) is 2. The van der Waals surface area contributed by atoms with Crippen molar-refractivity contribution in [2.24, 2.45) is 0 Å². The number of benzene rings is 3. The quantitative estimate of drug-likeness (QED) is 0.335. The Morgan fingerprint density at radius 2 is 1.44 bits per heavy atom. The molecular weight excluding hydrogens is 444 g/mol. The summed E-state index contributed by atoms with van der Waals surface area (Å²) in [6.07, 6.45) is 2.18. The molecule has 3 aromatic carbocycles. The molecule has 0 fully saturated rings. The monoisotopic (exact) mass is 476 g/mol. The maximum Gasteiger partial charge on any atom is 0.242 e. The van der Waals surface area contributed by atoms with Crippen LogP contribution >= 0.6 is 11.6 Å². The van der Waals surface area contributed by atoms with Crippen molar-refractivity contribution in [3.63, 3.8) is 0 Å². The number of rotatable bonds is 11. The smallest absolute Gasteiger partial charge is 0.242 e. The van der Waals surface area contributed by atoms with Crippen molar-refractivity contribution in [1.82, 2.24) is 10.2 Å². The predicted octanol–water partition coefficient (Wildman–Crippen LogP) is 6.20. The molecule has 0 radical (unpaired) electrons. The van der Waals surface area contributed by atoms with Crippen LogP contribution in [-0.2, 0) is 16.1 Å². The largest absolute Gasteiger partial charge is 0.354 e. The highest BCUT2D eigenvalue weighted by molar-refractivity contribution is 6.30. The van der Waals surface area contributed by atoms with Gasteiger partial charge in [0.15, 0.2) is 0 Å². The van der Waals surface area contributed by atoms with Crippen LogP contribution in [0.5, 0.6) is 0 Å². The molecule has 0 aliphatic carbocycles. The van der Waals surface area contributed by atoms with E-state index in [1.165, 1.54) is 0 Å². The molecule has 0 aliphatic heterocycles.